The van der Waals surface area contributed by atoms with Gasteiger partial charge in [0.1, 0.15) is 5.69 Å². The van der Waals surface area contributed by atoms with Gasteiger partial charge in [0.15, 0.2) is 5.72 Å². The number of benzene rings is 1. The molecule has 0 aliphatic heterocycles. The number of unbranched alkanes of at least 4 members (excludes halogenated alkanes) is 1. The first-order valence-electron chi connectivity index (χ1n) is 8.66. The molecule has 1 amide bonds. The summed E-state index contributed by atoms with van der Waals surface area (Å²) in [5, 5.41) is 22.2. The van der Waals surface area contributed by atoms with Crippen molar-refractivity contribution < 1.29 is 15.0 Å². The van der Waals surface area contributed by atoms with Crippen molar-refractivity contribution in [1.29, 1.82) is 0 Å². The van der Waals surface area contributed by atoms with Crippen molar-refractivity contribution in [2.45, 2.75) is 38.3 Å². The average Bonchev–Trinajstić information content (AvgIpc) is 2.62. The monoisotopic (exact) mass is 352 g/mol. The number of aromatic nitrogens is 1. The molecule has 0 saturated heterocycles. The second kappa shape index (κ2) is 9.71. The maximum absolute atomic E-state index is 11.3. The molecule has 3 N–H and O–H groups in total. The number of hydrogen-bond acceptors (Lipinski definition) is 4. The minimum atomic E-state index is -1.70. The molecule has 0 fully saturated rings. The Morgan fingerprint density at radius 2 is 1.96 bits per heavy atom. The predicted octanol–water partition coefficient (Wildman–Crippen LogP) is 2.12. The summed E-state index contributed by atoms with van der Waals surface area (Å²) < 4.78 is 0. The highest BCUT2D eigenvalue weighted by Crippen LogP contribution is 2.20. The van der Waals surface area contributed by atoms with Crippen LogP contribution in [-0.2, 0) is 16.9 Å². The Labute approximate surface area is 154 Å². The molecule has 2 aromatic rings. The molecular formula is C21H24N2O3. The van der Waals surface area contributed by atoms with Gasteiger partial charge in [-0.1, -0.05) is 42.3 Å². The highest BCUT2D eigenvalue weighted by Gasteiger charge is 2.31. The highest BCUT2D eigenvalue weighted by atomic mass is 16.3. The fourth-order valence-corrected chi connectivity index (χ4v) is 2.62. The van der Waals surface area contributed by atoms with Gasteiger partial charge >= 0.3 is 0 Å². The van der Waals surface area contributed by atoms with Crippen LogP contribution in [-0.4, -0.2) is 27.7 Å². The Morgan fingerprint density at radius 1 is 1.19 bits per heavy atom. The summed E-state index contributed by atoms with van der Waals surface area (Å²) in [6.07, 6.45) is 2.62. The molecule has 26 heavy (non-hydrogen) atoms. The van der Waals surface area contributed by atoms with E-state index in [2.05, 4.69) is 34.3 Å². The van der Waals surface area contributed by atoms with E-state index in [4.69, 9.17) is 0 Å². The number of aliphatic hydroxyl groups is 2. The summed E-state index contributed by atoms with van der Waals surface area (Å²) in [5.74, 6) is 5.68. The van der Waals surface area contributed by atoms with Crippen LogP contribution in [0.1, 0.15) is 43.1 Å². The summed E-state index contributed by atoms with van der Waals surface area (Å²) in [6.45, 7) is 1.02. The first-order chi connectivity index (χ1) is 12.5. The van der Waals surface area contributed by atoms with E-state index in [-0.39, 0.29) is 18.7 Å². The lowest BCUT2D eigenvalue weighted by Crippen LogP contribution is -2.46. The Balaban J connectivity index is 2.01. The number of carbonyl (C=O) groups is 1. The molecule has 136 valence electrons. The zero-order valence-corrected chi connectivity index (χ0v) is 14.9. The van der Waals surface area contributed by atoms with Crippen molar-refractivity contribution in [2.75, 3.05) is 6.61 Å². The number of amides is 1. The number of pyridine rings is 1. The molecule has 5 nitrogen and oxygen atoms in total. The van der Waals surface area contributed by atoms with Gasteiger partial charge in [-0.25, -0.2) is 4.98 Å². The molecule has 1 aromatic heterocycles. The van der Waals surface area contributed by atoms with Crippen LogP contribution in [0.4, 0.5) is 0 Å². The maximum atomic E-state index is 11.3. The van der Waals surface area contributed by atoms with E-state index in [9.17, 15) is 15.0 Å². The molecule has 0 saturated carbocycles. The second-order valence-electron chi connectivity index (χ2n) is 6.06. The van der Waals surface area contributed by atoms with Crippen LogP contribution in [0.25, 0.3) is 0 Å². The fourth-order valence-electron chi connectivity index (χ4n) is 2.62. The Kier molecular flexibility index (Phi) is 7.34. The number of hydrogen-bond donors (Lipinski definition) is 3. The third-order valence-electron chi connectivity index (χ3n) is 3.86. The number of aryl methyl sites for hydroxylation is 1. The molecule has 2 rings (SSSR count). The van der Waals surface area contributed by atoms with Crippen molar-refractivity contribution in [3.05, 3.63) is 65.5 Å². The van der Waals surface area contributed by atoms with E-state index >= 15 is 0 Å². The third-order valence-corrected chi connectivity index (χ3v) is 3.86. The molecule has 0 spiro atoms. The topological polar surface area (TPSA) is 82.5 Å². The molecule has 1 atom stereocenters. The lowest BCUT2D eigenvalue weighted by atomic mass is 10.0. The van der Waals surface area contributed by atoms with Gasteiger partial charge in [-0.2, -0.15) is 0 Å². The quantitative estimate of drug-likeness (QED) is 0.405. The number of aliphatic hydroxyl groups excluding tert-OH is 1. The van der Waals surface area contributed by atoms with E-state index < -0.39 is 11.6 Å². The molecule has 0 aliphatic carbocycles. The number of rotatable bonds is 7. The third kappa shape index (κ3) is 5.99. The van der Waals surface area contributed by atoms with Gasteiger partial charge in [0.25, 0.3) is 0 Å². The predicted molar refractivity (Wildman–Crippen MR) is 99.9 cm³/mol. The Bertz CT molecular complexity index is 781. The van der Waals surface area contributed by atoms with Crippen molar-refractivity contribution >= 4 is 5.91 Å². The molecule has 1 unspecified atom stereocenters. The molecular weight excluding hydrogens is 328 g/mol. The summed E-state index contributed by atoms with van der Waals surface area (Å²) in [5.41, 5.74) is 0.367. The van der Waals surface area contributed by atoms with E-state index in [1.165, 1.54) is 12.5 Å². The first kappa shape index (κ1) is 19.6. The SMILES string of the molecule is CC(=O)NC(O)(CCO)c1cccc(C#CCCCc2ccccc2)n1. The molecule has 1 heterocycles. The average molecular weight is 352 g/mol. The van der Waals surface area contributed by atoms with Crippen molar-refractivity contribution in [1.82, 2.24) is 10.3 Å². The molecule has 5 heteroatoms. The Hall–Kier alpha value is -2.68. The lowest BCUT2D eigenvalue weighted by Gasteiger charge is -2.27. The standard InChI is InChI=1S/C21H24N2O3/c1-17(25)23-21(26,15-16-24)20-14-8-13-19(22-20)12-7-3-6-11-18-9-4-2-5-10-18/h2,4-5,8-10,13-14,24,26H,3,6,11,15-16H2,1H3,(H,23,25). The van der Waals surface area contributed by atoms with Crippen LogP contribution in [0.3, 0.4) is 0 Å². The Morgan fingerprint density at radius 3 is 2.65 bits per heavy atom. The zero-order chi connectivity index (χ0) is 18.8. The van der Waals surface area contributed by atoms with Crippen LogP contribution in [0, 0.1) is 11.8 Å². The van der Waals surface area contributed by atoms with E-state index in [1.807, 2.05) is 18.2 Å². The molecule has 1 aromatic carbocycles. The number of nitrogens with zero attached hydrogens (tertiary/aromatic N) is 1. The molecule has 0 aliphatic rings. The van der Waals surface area contributed by atoms with Gasteiger partial charge < -0.3 is 15.5 Å². The molecule has 0 bridgehead atoms. The van der Waals surface area contributed by atoms with Gasteiger partial charge in [0.05, 0.1) is 5.69 Å². The van der Waals surface area contributed by atoms with Crippen LogP contribution in [0.15, 0.2) is 48.5 Å². The van der Waals surface area contributed by atoms with Crippen molar-refractivity contribution in [2.24, 2.45) is 0 Å². The maximum Gasteiger partial charge on any atom is 0.219 e. The van der Waals surface area contributed by atoms with E-state index in [0.717, 1.165) is 19.3 Å². The summed E-state index contributed by atoms with van der Waals surface area (Å²) in [7, 11) is 0. The summed E-state index contributed by atoms with van der Waals surface area (Å²) in [6, 6.07) is 15.3. The fraction of sp³-hybridized carbons (Fsp3) is 0.333. The van der Waals surface area contributed by atoms with Gasteiger partial charge in [0.2, 0.25) is 5.91 Å². The minimum Gasteiger partial charge on any atom is -0.396 e. The number of carbonyl (C=O) groups excluding carboxylic acids is 1. The molecule has 0 radical (unpaired) electrons. The van der Waals surface area contributed by atoms with Gasteiger partial charge in [-0.3, -0.25) is 4.79 Å². The van der Waals surface area contributed by atoms with Crippen LogP contribution >= 0.6 is 0 Å². The first-order valence-corrected chi connectivity index (χ1v) is 8.66. The van der Waals surface area contributed by atoms with Gasteiger partial charge in [0, 0.05) is 26.4 Å². The minimum absolute atomic E-state index is 0.0481. The van der Waals surface area contributed by atoms with Crippen LogP contribution < -0.4 is 5.32 Å². The van der Waals surface area contributed by atoms with Crippen molar-refractivity contribution in [3.8, 4) is 11.8 Å². The van der Waals surface area contributed by atoms with Crippen LogP contribution in [0.5, 0.6) is 0 Å². The van der Waals surface area contributed by atoms with Gasteiger partial charge in [-0.15, -0.1) is 0 Å². The lowest BCUT2D eigenvalue weighted by molar-refractivity contribution is -0.128. The highest BCUT2D eigenvalue weighted by molar-refractivity contribution is 5.73. The number of nitrogens with one attached hydrogen (secondary N) is 1. The summed E-state index contributed by atoms with van der Waals surface area (Å²) in [4.78, 5) is 15.7. The van der Waals surface area contributed by atoms with Crippen molar-refractivity contribution in [3.63, 3.8) is 0 Å². The second-order valence-corrected chi connectivity index (χ2v) is 6.06. The van der Waals surface area contributed by atoms with Gasteiger partial charge in [-0.05, 0) is 36.5 Å². The van der Waals surface area contributed by atoms with E-state index in [1.54, 1.807) is 18.2 Å². The summed E-state index contributed by atoms with van der Waals surface area (Å²) >= 11 is 0. The smallest absolute Gasteiger partial charge is 0.219 e. The zero-order valence-electron chi connectivity index (χ0n) is 14.9. The van der Waals surface area contributed by atoms with E-state index in [0.29, 0.717) is 5.69 Å². The van der Waals surface area contributed by atoms with Crippen LogP contribution in [0.2, 0.25) is 0 Å². The largest absolute Gasteiger partial charge is 0.396 e. The normalized spacial score (nSPS) is 12.6.